The number of benzene rings is 1. The van der Waals surface area contributed by atoms with E-state index < -0.39 is 17.7 Å². The number of hydrogen-bond acceptors (Lipinski definition) is 4. The number of likely N-dealkylation sites (N-methyl/N-ethyl adjacent to an activating group) is 1. The molecule has 0 saturated carbocycles. The molecule has 0 aliphatic carbocycles. The van der Waals surface area contributed by atoms with Crippen molar-refractivity contribution >= 4 is 5.97 Å². The Kier molecular flexibility index (Phi) is 5.21. The quantitative estimate of drug-likeness (QED) is 0.874. The lowest BCUT2D eigenvalue weighted by molar-refractivity contribution is -0.143. The van der Waals surface area contributed by atoms with Gasteiger partial charge in [-0.2, -0.15) is 0 Å². The zero-order chi connectivity index (χ0) is 16.3. The Morgan fingerprint density at radius 2 is 2.05 bits per heavy atom. The molecule has 0 radical (unpaired) electrons. The van der Waals surface area contributed by atoms with E-state index in [0.717, 1.165) is 5.56 Å². The Labute approximate surface area is 131 Å². The molecule has 122 valence electrons. The van der Waals surface area contributed by atoms with Crippen LogP contribution in [0.2, 0.25) is 0 Å². The number of hydrogen-bond donors (Lipinski definition) is 1. The maximum atomic E-state index is 11.5. The number of nitrogens with zero attached hydrogens (tertiary/aromatic N) is 1. The Balaban J connectivity index is 1.93. The van der Waals surface area contributed by atoms with Gasteiger partial charge >= 0.3 is 5.97 Å². The SMILES string of the molecule is C[C@H](COCc1ccccc1)[C@H]1OC(C)(C)N(C)[C@@H]1C(=O)O. The van der Waals surface area contributed by atoms with Crippen molar-refractivity contribution in [3.8, 4) is 0 Å². The average molecular weight is 307 g/mol. The van der Waals surface area contributed by atoms with Gasteiger partial charge in [-0.25, -0.2) is 0 Å². The van der Waals surface area contributed by atoms with Crippen LogP contribution < -0.4 is 0 Å². The normalized spacial score (nSPS) is 26.0. The standard InChI is InChI=1S/C17H25NO4/c1-12(10-21-11-13-8-6-5-7-9-13)15-14(16(19)20)18(4)17(2,3)22-15/h5-9,12,14-15H,10-11H2,1-4H3,(H,19,20)/t12-,14+,15-/m1/s1. The van der Waals surface area contributed by atoms with Crippen LogP contribution in [0.3, 0.4) is 0 Å². The van der Waals surface area contributed by atoms with E-state index in [1.165, 1.54) is 0 Å². The van der Waals surface area contributed by atoms with Gasteiger partial charge in [-0.05, 0) is 26.5 Å². The molecule has 0 spiro atoms. The fourth-order valence-corrected chi connectivity index (χ4v) is 2.80. The maximum Gasteiger partial charge on any atom is 0.323 e. The third-order valence-corrected chi connectivity index (χ3v) is 4.31. The predicted octanol–water partition coefficient (Wildman–Crippen LogP) is 2.36. The summed E-state index contributed by atoms with van der Waals surface area (Å²) in [6.45, 7) is 6.74. The lowest BCUT2D eigenvalue weighted by Crippen LogP contribution is -2.46. The predicted molar refractivity (Wildman–Crippen MR) is 83.4 cm³/mol. The van der Waals surface area contributed by atoms with E-state index in [1.807, 2.05) is 51.1 Å². The number of carboxylic acid groups (broad SMARTS) is 1. The molecule has 22 heavy (non-hydrogen) atoms. The van der Waals surface area contributed by atoms with Crippen LogP contribution in [0.25, 0.3) is 0 Å². The van der Waals surface area contributed by atoms with Crippen LogP contribution in [0.4, 0.5) is 0 Å². The van der Waals surface area contributed by atoms with Crippen molar-refractivity contribution in [2.75, 3.05) is 13.7 Å². The van der Waals surface area contributed by atoms with Gasteiger partial charge in [0.2, 0.25) is 0 Å². The summed E-state index contributed by atoms with van der Waals surface area (Å²) in [6, 6.07) is 9.28. The Bertz CT molecular complexity index is 503. The minimum absolute atomic E-state index is 0.00552. The zero-order valence-electron chi connectivity index (χ0n) is 13.7. The Hall–Kier alpha value is -1.43. The summed E-state index contributed by atoms with van der Waals surface area (Å²) in [5.41, 5.74) is 0.524. The summed E-state index contributed by atoms with van der Waals surface area (Å²) in [7, 11) is 1.79. The van der Waals surface area contributed by atoms with Crippen molar-refractivity contribution in [3.63, 3.8) is 0 Å². The fourth-order valence-electron chi connectivity index (χ4n) is 2.80. The highest BCUT2D eigenvalue weighted by Crippen LogP contribution is 2.34. The van der Waals surface area contributed by atoms with Crippen LogP contribution >= 0.6 is 0 Å². The number of rotatable bonds is 6. The van der Waals surface area contributed by atoms with Gasteiger partial charge in [0.25, 0.3) is 0 Å². The van der Waals surface area contributed by atoms with Crippen molar-refractivity contribution < 1.29 is 19.4 Å². The summed E-state index contributed by atoms with van der Waals surface area (Å²) < 4.78 is 11.7. The second-order valence-electron chi connectivity index (χ2n) is 6.40. The van der Waals surface area contributed by atoms with Crippen molar-refractivity contribution in [2.45, 2.75) is 45.2 Å². The zero-order valence-corrected chi connectivity index (χ0v) is 13.7. The molecule has 1 aliphatic rings. The first-order chi connectivity index (χ1) is 10.3. The van der Waals surface area contributed by atoms with Gasteiger partial charge in [-0.15, -0.1) is 0 Å². The van der Waals surface area contributed by atoms with Gasteiger partial charge in [0.1, 0.15) is 11.8 Å². The molecule has 0 unspecified atom stereocenters. The molecule has 5 nitrogen and oxygen atoms in total. The highest BCUT2D eigenvalue weighted by molar-refractivity contribution is 5.74. The third-order valence-electron chi connectivity index (χ3n) is 4.31. The summed E-state index contributed by atoms with van der Waals surface area (Å²) in [5.74, 6) is -0.859. The maximum absolute atomic E-state index is 11.5. The highest BCUT2D eigenvalue weighted by atomic mass is 16.5. The second-order valence-corrected chi connectivity index (χ2v) is 6.40. The first kappa shape index (κ1) is 16.9. The Morgan fingerprint density at radius 1 is 1.41 bits per heavy atom. The molecule has 1 saturated heterocycles. The molecule has 1 heterocycles. The van der Waals surface area contributed by atoms with E-state index in [1.54, 1.807) is 11.9 Å². The largest absolute Gasteiger partial charge is 0.480 e. The molecule has 1 fully saturated rings. The first-order valence-corrected chi connectivity index (χ1v) is 7.58. The molecular formula is C17H25NO4. The first-order valence-electron chi connectivity index (χ1n) is 7.58. The van der Waals surface area contributed by atoms with E-state index >= 15 is 0 Å². The molecule has 0 aromatic heterocycles. The van der Waals surface area contributed by atoms with Crippen molar-refractivity contribution in [1.82, 2.24) is 4.90 Å². The Morgan fingerprint density at radius 3 is 2.64 bits per heavy atom. The average Bonchev–Trinajstić information content (AvgIpc) is 2.71. The summed E-state index contributed by atoms with van der Waals surface area (Å²) in [5, 5.41) is 9.48. The lowest BCUT2D eigenvalue weighted by Gasteiger charge is -2.27. The smallest absolute Gasteiger partial charge is 0.323 e. The summed E-state index contributed by atoms with van der Waals surface area (Å²) >= 11 is 0. The van der Waals surface area contributed by atoms with Crippen LogP contribution in [0.1, 0.15) is 26.3 Å². The number of aliphatic carboxylic acids is 1. The molecule has 1 aromatic rings. The van der Waals surface area contributed by atoms with Crippen LogP contribution in [0.15, 0.2) is 30.3 Å². The summed E-state index contributed by atoms with van der Waals surface area (Å²) in [4.78, 5) is 13.3. The van der Waals surface area contributed by atoms with Gasteiger partial charge in [0.05, 0.1) is 19.3 Å². The van der Waals surface area contributed by atoms with Gasteiger partial charge in [0.15, 0.2) is 0 Å². The molecule has 1 aromatic carbocycles. The van der Waals surface area contributed by atoms with Gasteiger partial charge in [0, 0.05) is 5.92 Å². The number of carbonyl (C=O) groups is 1. The minimum atomic E-state index is -0.854. The van der Waals surface area contributed by atoms with E-state index in [0.29, 0.717) is 13.2 Å². The van der Waals surface area contributed by atoms with Crippen LogP contribution in [0.5, 0.6) is 0 Å². The summed E-state index contributed by atoms with van der Waals surface area (Å²) in [6.07, 6.45) is -0.381. The van der Waals surface area contributed by atoms with Gasteiger partial charge < -0.3 is 14.6 Å². The van der Waals surface area contributed by atoms with Crippen molar-refractivity contribution in [1.29, 1.82) is 0 Å². The molecule has 3 atom stereocenters. The lowest BCUT2D eigenvalue weighted by atomic mass is 9.98. The van der Waals surface area contributed by atoms with Crippen molar-refractivity contribution in [2.24, 2.45) is 5.92 Å². The molecule has 0 amide bonds. The molecule has 5 heteroatoms. The molecule has 2 rings (SSSR count). The molecule has 0 bridgehead atoms. The topological polar surface area (TPSA) is 59.0 Å². The molecular weight excluding hydrogens is 282 g/mol. The molecule has 1 N–H and O–H groups in total. The van der Waals surface area contributed by atoms with Crippen molar-refractivity contribution in [3.05, 3.63) is 35.9 Å². The van der Waals surface area contributed by atoms with E-state index in [4.69, 9.17) is 9.47 Å². The molecule has 1 aliphatic heterocycles. The van der Waals surface area contributed by atoms with E-state index in [9.17, 15) is 9.90 Å². The van der Waals surface area contributed by atoms with Gasteiger partial charge in [-0.3, -0.25) is 9.69 Å². The van der Waals surface area contributed by atoms with Crippen LogP contribution in [-0.4, -0.2) is 47.5 Å². The third kappa shape index (κ3) is 3.66. The fraction of sp³-hybridized carbons (Fsp3) is 0.588. The number of carboxylic acids is 1. The monoisotopic (exact) mass is 307 g/mol. The second kappa shape index (κ2) is 6.77. The highest BCUT2D eigenvalue weighted by Gasteiger charge is 2.50. The van der Waals surface area contributed by atoms with E-state index in [2.05, 4.69) is 0 Å². The number of ether oxygens (including phenoxy) is 2. The van der Waals surface area contributed by atoms with Crippen LogP contribution in [0, 0.1) is 5.92 Å². The van der Waals surface area contributed by atoms with Gasteiger partial charge in [-0.1, -0.05) is 37.3 Å². The van der Waals surface area contributed by atoms with E-state index in [-0.39, 0.29) is 12.0 Å². The van der Waals surface area contributed by atoms with Crippen LogP contribution in [-0.2, 0) is 20.9 Å². The minimum Gasteiger partial charge on any atom is -0.480 e.